The minimum atomic E-state index is -2.10. The standard InChI is InChI=1S/C43H54N4O6/c1-4-45-36-21-30-13-7-6-12-29(30)20-31(36)26-52-40(51)43-39(50)35-15-9-8-14-34(35)38(49)42(43,53-43)24-32(25-48)28(2)23-41(17-10-5-11-18-41)33-16-19-46-37(22-33)47-27-44-3/h7-9,13-16,19,21-22,29,31,36,44-45,48H,4-6,10-12,17-18,20,23-27H2,1-3H3,(H,46,47)/b32-28-/t29-,31-,36+,42-,43-/m0/s1. The number of hydrogen-bond acceptors (Lipinski definition) is 10. The molecule has 0 amide bonds. The number of likely N-dealkylation sites (N-methyl/N-ethyl adjacent to an activating group) is 1. The average Bonchev–Trinajstić information content (AvgIpc) is 3.89. The molecule has 4 aliphatic carbocycles. The smallest absolute Gasteiger partial charge is 0.350 e. The maximum Gasteiger partial charge on any atom is 0.350 e. The molecule has 0 radical (unpaired) electrons. The molecule has 7 rings (SSSR count). The molecule has 1 saturated carbocycles. The maximum absolute atomic E-state index is 14.5. The molecule has 2 heterocycles. The third-order valence-electron chi connectivity index (χ3n) is 12.5. The number of aliphatic hydroxyl groups is 1. The van der Waals surface area contributed by atoms with Crippen molar-refractivity contribution in [2.24, 2.45) is 11.8 Å². The van der Waals surface area contributed by atoms with Crippen molar-refractivity contribution >= 4 is 23.4 Å². The Kier molecular flexibility index (Phi) is 10.9. The van der Waals surface area contributed by atoms with Crippen LogP contribution in [0.5, 0.6) is 0 Å². The van der Waals surface area contributed by atoms with E-state index in [1.807, 2.05) is 20.2 Å². The van der Waals surface area contributed by atoms with Crippen molar-refractivity contribution in [1.29, 1.82) is 0 Å². The molecule has 5 aliphatic rings. The fraction of sp³-hybridized carbons (Fsp3) is 0.535. The summed E-state index contributed by atoms with van der Waals surface area (Å²) in [6.07, 6.45) is 17.3. The molecule has 4 N–H and O–H groups in total. The summed E-state index contributed by atoms with van der Waals surface area (Å²) in [4.78, 5) is 47.7. The third-order valence-corrected chi connectivity index (χ3v) is 12.5. The van der Waals surface area contributed by atoms with Crippen LogP contribution in [0.25, 0.3) is 0 Å². The number of hydrogen-bond donors (Lipinski definition) is 4. The number of carbonyl (C=O) groups is 3. The van der Waals surface area contributed by atoms with E-state index in [9.17, 15) is 19.5 Å². The first kappa shape index (κ1) is 37.4. The molecule has 2 aromatic rings. The Balaban J connectivity index is 1.18. The van der Waals surface area contributed by atoms with Gasteiger partial charge in [0.1, 0.15) is 5.82 Å². The van der Waals surface area contributed by atoms with Gasteiger partial charge in [0.25, 0.3) is 5.60 Å². The average molecular weight is 723 g/mol. The molecule has 0 spiro atoms. The second kappa shape index (κ2) is 15.4. The lowest BCUT2D eigenvalue weighted by Crippen LogP contribution is -2.51. The number of nitrogens with one attached hydrogen (secondary N) is 3. The number of anilines is 1. The SMILES string of the molecule is CCN[C@@H]1C=C2C=CCC[C@H]2C[C@H]1COC(=O)[C@]12O[C@@]1(C/C(CO)=C(\C)CC1(c3ccnc(NCNC)c3)CCCCC1)C(=O)c1ccccc1C2=O. The Hall–Kier alpha value is -3.96. The number of carbonyl (C=O) groups excluding carboxylic acids is 3. The summed E-state index contributed by atoms with van der Waals surface area (Å²) in [5, 5.41) is 20.9. The van der Waals surface area contributed by atoms with E-state index in [2.05, 4.69) is 58.2 Å². The number of ether oxygens (including phenoxy) is 2. The molecule has 5 atom stereocenters. The number of esters is 1. The van der Waals surface area contributed by atoms with E-state index in [1.165, 1.54) is 11.1 Å². The van der Waals surface area contributed by atoms with Crippen molar-refractivity contribution in [2.75, 3.05) is 38.8 Å². The molecular weight excluding hydrogens is 668 g/mol. The predicted molar refractivity (Wildman–Crippen MR) is 204 cm³/mol. The molecule has 282 valence electrons. The second-order valence-electron chi connectivity index (χ2n) is 15.7. The van der Waals surface area contributed by atoms with Crippen molar-refractivity contribution in [3.8, 4) is 0 Å². The van der Waals surface area contributed by atoms with E-state index in [-0.39, 0.29) is 48.1 Å². The summed E-state index contributed by atoms with van der Waals surface area (Å²) in [5.74, 6) is -0.600. The van der Waals surface area contributed by atoms with Gasteiger partial charge in [-0.3, -0.25) is 9.59 Å². The highest BCUT2D eigenvalue weighted by Crippen LogP contribution is 2.60. The molecule has 0 unspecified atom stereocenters. The van der Waals surface area contributed by atoms with Crippen molar-refractivity contribution in [3.63, 3.8) is 0 Å². The Morgan fingerprint density at radius 3 is 2.58 bits per heavy atom. The van der Waals surface area contributed by atoms with Crippen LogP contribution in [0.2, 0.25) is 0 Å². The van der Waals surface area contributed by atoms with E-state index >= 15 is 0 Å². The molecular formula is C43H54N4O6. The minimum absolute atomic E-state index is 0.00865. The van der Waals surface area contributed by atoms with Crippen LogP contribution < -0.4 is 16.0 Å². The van der Waals surface area contributed by atoms with Crippen LogP contribution in [0.4, 0.5) is 5.82 Å². The largest absolute Gasteiger partial charge is 0.463 e. The van der Waals surface area contributed by atoms with E-state index in [1.54, 1.807) is 24.3 Å². The fourth-order valence-electron chi connectivity index (χ4n) is 9.64. The normalized spacial score (nSPS) is 28.9. The van der Waals surface area contributed by atoms with Gasteiger partial charge in [-0.25, -0.2) is 9.78 Å². The molecule has 10 heteroatoms. The van der Waals surface area contributed by atoms with Crippen LogP contribution in [-0.4, -0.2) is 78.3 Å². The number of nitrogens with zero attached hydrogens (tertiary/aromatic N) is 1. The Morgan fingerprint density at radius 1 is 1.08 bits per heavy atom. The van der Waals surface area contributed by atoms with Crippen LogP contribution in [0.15, 0.2) is 77.5 Å². The topological polar surface area (TPSA) is 142 Å². The van der Waals surface area contributed by atoms with Gasteiger partial charge in [-0.1, -0.05) is 74.3 Å². The Labute approximate surface area is 312 Å². The number of pyridine rings is 1. The van der Waals surface area contributed by atoms with Crippen LogP contribution >= 0.6 is 0 Å². The molecule has 0 bridgehead atoms. The number of allylic oxidation sites excluding steroid dienone is 4. The molecule has 1 aromatic heterocycles. The molecule has 53 heavy (non-hydrogen) atoms. The summed E-state index contributed by atoms with van der Waals surface area (Å²) in [6.45, 7) is 5.18. The summed E-state index contributed by atoms with van der Waals surface area (Å²) < 4.78 is 12.4. The molecule has 1 saturated heterocycles. The highest BCUT2D eigenvalue weighted by Gasteiger charge is 2.85. The number of rotatable bonds is 14. The third kappa shape index (κ3) is 6.73. The number of ketones is 2. The van der Waals surface area contributed by atoms with Gasteiger partial charge in [0.15, 0.2) is 11.4 Å². The van der Waals surface area contributed by atoms with Gasteiger partial charge in [-0.05, 0) is 99.2 Å². The molecule has 1 aromatic carbocycles. The number of Topliss-reactive ketones (excluding diaryl/α,β-unsaturated/α-hetero) is 2. The van der Waals surface area contributed by atoms with Gasteiger partial charge in [0.05, 0.1) is 19.9 Å². The van der Waals surface area contributed by atoms with E-state index in [0.29, 0.717) is 24.6 Å². The summed E-state index contributed by atoms with van der Waals surface area (Å²) in [5.41, 5.74) is 0.368. The zero-order valence-electron chi connectivity index (χ0n) is 31.3. The van der Waals surface area contributed by atoms with Crippen LogP contribution in [0.1, 0.15) is 104 Å². The van der Waals surface area contributed by atoms with Crippen LogP contribution in [-0.2, 0) is 19.7 Å². The molecule has 2 fully saturated rings. The van der Waals surface area contributed by atoms with Crippen LogP contribution in [0.3, 0.4) is 0 Å². The van der Waals surface area contributed by atoms with E-state index in [4.69, 9.17) is 9.47 Å². The second-order valence-corrected chi connectivity index (χ2v) is 15.7. The lowest BCUT2D eigenvalue weighted by atomic mass is 9.65. The monoisotopic (exact) mass is 722 g/mol. The predicted octanol–water partition coefficient (Wildman–Crippen LogP) is 5.98. The van der Waals surface area contributed by atoms with Crippen molar-refractivity contribution in [2.45, 2.75) is 101 Å². The maximum atomic E-state index is 14.5. The molecule has 10 nitrogen and oxygen atoms in total. The van der Waals surface area contributed by atoms with Gasteiger partial charge in [-0.15, -0.1) is 0 Å². The Bertz CT molecular complexity index is 1830. The van der Waals surface area contributed by atoms with E-state index < -0.39 is 28.7 Å². The van der Waals surface area contributed by atoms with Crippen LogP contribution in [0, 0.1) is 11.8 Å². The highest BCUT2D eigenvalue weighted by molar-refractivity contribution is 6.32. The highest BCUT2D eigenvalue weighted by atomic mass is 16.7. The summed E-state index contributed by atoms with van der Waals surface area (Å²) in [6, 6.07) is 10.8. The lowest BCUT2D eigenvalue weighted by Gasteiger charge is -2.39. The Morgan fingerprint density at radius 2 is 1.85 bits per heavy atom. The van der Waals surface area contributed by atoms with Gasteiger partial charge in [0.2, 0.25) is 5.78 Å². The quantitative estimate of drug-likeness (QED) is 0.0605. The van der Waals surface area contributed by atoms with Gasteiger partial charge in [0, 0.05) is 35.7 Å². The van der Waals surface area contributed by atoms with E-state index in [0.717, 1.165) is 69.3 Å². The van der Waals surface area contributed by atoms with Gasteiger partial charge in [-0.2, -0.15) is 0 Å². The molecule has 1 aliphatic heterocycles. The number of benzene rings is 1. The zero-order valence-corrected chi connectivity index (χ0v) is 31.3. The summed E-state index contributed by atoms with van der Waals surface area (Å²) >= 11 is 0. The van der Waals surface area contributed by atoms with Crippen molar-refractivity contribution in [1.82, 2.24) is 15.6 Å². The zero-order chi connectivity index (χ0) is 37.2. The minimum Gasteiger partial charge on any atom is -0.463 e. The fourth-order valence-corrected chi connectivity index (χ4v) is 9.64. The number of aromatic nitrogens is 1. The van der Waals surface area contributed by atoms with Crippen molar-refractivity contribution < 1.29 is 29.0 Å². The van der Waals surface area contributed by atoms with Gasteiger partial charge < -0.3 is 30.5 Å². The van der Waals surface area contributed by atoms with Crippen molar-refractivity contribution in [3.05, 3.63) is 94.2 Å². The first-order chi connectivity index (χ1) is 25.7. The number of aliphatic hydroxyl groups excluding tert-OH is 1. The first-order valence-corrected chi connectivity index (χ1v) is 19.5. The number of fused-ring (bicyclic) bond motifs is 3. The lowest BCUT2D eigenvalue weighted by molar-refractivity contribution is -0.150. The van der Waals surface area contributed by atoms with Gasteiger partial charge >= 0.3 is 5.97 Å². The summed E-state index contributed by atoms with van der Waals surface area (Å²) in [7, 11) is 1.88. The first-order valence-electron chi connectivity index (χ1n) is 19.5. The number of epoxide rings is 1.